The smallest absolute Gasteiger partial charge is 0.0733 e. The molecule has 0 saturated heterocycles. The molecule has 1 N–H and O–H groups in total. The van der Waals surface area contributed by atoms with Gasteiger partial charge in [-0.1, -0.05) is 44.1 Å². The summed E-state index contributed by atoms with van der Waals surface area (Å²) in [5.74, 6) is 0. The first-order valence-corrected chi connectivity index (χ1v) is 4.32. The Balaban J connectivity index is 3.05. The Bertz CT molecular complexity index is 310. The number of nitrogens with zero attached hydrogens (tertiary/aromatic N) is 1. The average molecular weight is 177 g/mol. The van der Waals surface area contributed by atoms with Gasteiger partial charge in [0.15, 0.2) is 0 Å². The second-order valence-corrected chi connectivity index (χ2v) is 4.12. The van der Waals surface area contributed by atoms with Crippen molar-refractivity contribution >= 4 is 6.21 Å². The molecule has 0 atom stereocenters. The van der Waals surface area contributed by atoms with Crippen molar-refractivity contribution in [2.24, 2.45) is 5.16 Å². The molecule has 2 nitrogen and oxygen atoms in total. The molecule has 0 fully saturated rings. The standard InChI is InChI=1S/C11H15NO/c1-11(2,3)10-6-4-5-9(7-10)8-12-13/h4-8,13H,1-3H3/b12-8+. The highest BCUT2D eigenvalue weighted by Crippen LogP contribution is 2.22. The Morgan fingerprint density at radius 2 is 2.00 bits per heavy atom. The highest BCUT2D eigenvalue weighted by atomic mass is 16.4. The van der Waals surface area contributed by atoms with Gasteiger partial charge in [-0.15, -0.1) is 0 Å². The Morgan fingerprint density at radius 3 is 2.54 bits per heavy atom. The molecule has 70 valence electrons. The third kappa shape index (κ3) is 2.58. The lowest BCUT2D eigenvalue weighted by Crippen LogP contribution is -2.11. The first-order valence-electron chi connectivity index (χ1n) is 4.32. The van der Waals surface area contributed by atoms with Gasteiger partial charge in [0.2, 0.25) is 0 Å². The molecule has 0 saturated carbocycles. The van der Waals surface area contributed by atoms with Crippen molar-refractivity contribution in [1.82, 2.24) is 0 Å². The highest BCUT2D eigenvalue weighted by Gasteiger charge is 2.12. The van der Waals surface area contributed by atoms with Crippen LogP contribution in [0.4, 0.5) is 0 Å². The zero-order valence-electron chi connectivity index (χ0n) is 8.28. The average Bonchev–Trinajstić information content (AvgIpc) is 2.04. The quantitative estimate of drug-likeness (QED) is 0.399. The minimum atomic E-state index is 0.138. The molecule has 1 aromatic carbocycles. The molecule has 0 amide bonds. The summed E-state index contributed by atoms with van der Waals surface area (Å²) in [4.78, 5) is 0. The summed E-state index contributed by atoms with van der Waals surface area (Å²) in [5, 5.41) is 11.4. The lowest BCUT2D eigenvalue weighted by molar-refractivity contribution is 0.322. The van der Waals surface area contributed by atoms with E-state index in [2.05, 4.69) is 32.0 Å². The maximum Gasteiger partial charge on any atom is 0.0733 e. The van der Waals surface area contributed by atoms with Crippen molar-refractivity contribution in [3.05, 3.63) is 35.4 Å². The van der Waals surface area contributed by atoms with E-state index in [0.29, 0.717) is 0 Å². The van der Waals surface area contributed by atoms with Crippen LogP contribution in [0, 0.1) is 0 Å². The van der Waals surface area contributed by atoms with Gasteiger partial charge in [-0.3, -0.25) is 0 Å². The van der Waals surface area contributed by atoms with Gasteiger partial charge in [0.1, 0.15) is 0 Å². The zero-order chi connectivity index (χ0) is 9.90. The molecule has 13 heavy (non-hydrogen) atoms. The Labute approximate surface area is 78.9 Å². The van der Waals surface area contributed by atoms with Crippen LogP contribution >= 0.6 is 0 Å². The van der Waals surface area contributed by atoms with E-state index in [1.54, 1.807) is 0 Å². The topological polar surface area (TPSA) is 32.6 Å². The SMILES string of the molecule is CC(C)(C)c1cccc(/C=N/O)c1. The molecule has 2 heteroatoms. The van der Waals surface area contributed by atoms with Gasteiger partial charge in [-0.05, 0) is 22.6 Å². The van der Waals surface area contributed by atoms with Crippen LogP contribution in [0.3, 0.4) is 0 Å². The van der Waals surface area contributed by atoms with Gasteiger partial charge in [0, 0.05) is 0 Å². The van der Waals surface area contributed by atoms with Crippen LogP contribution < -0.4 is 0 Å². The predicted molar refractivity (Wildman–Crippen MR) is 54.5 cm³/mol. The zero-order valence-corrected chi connectivity index (χ0v) is 8.28. The Hall–Kier alpha value is -1.31. The van der Waals surface area contributed by atoms with Crippen molar-refractivity contribution in [3.63, 3.8) is 0 Å². The number of rotatable bonds is 1. The van der Waals surface area contributed by atoms with Crippen molar-refractivity contribution in [3.8, 4) is 0 Å². The summed E-state index contributed by atoms with van der Waals surface area (Å²) < 4.78 is 0. The molecular weight excluding hydrogens is 162 g/mol. The second kappa shape index (κ2) is 3.60. The van der Waals surface area contributed by atoms with E-state index < -0.39 is 0 Å². The second-order valence-electron chi connectivity index (χ2n) is 4.12. The van der Waals surface area contributed by atoms with Crippen molar-refractivity contribution in [2.75, 3.05) is 0 Å². The summed E-state index contributed by atoms with van der Waals surface area (Å²) in [7, 11) is 0. The van der Waals surface area contributed by atoms with Crippen LogP contribution in [0.5, 0.6) is 0 Å². The first kappa shape index (κ1) is 9.78. The molecule has 0 aliphatic carbocycles. The molecule has 0 unspecified atom stereocenters. The number of oxime groups is 1. The van der Waals surface area contributed by atoms with Crippen LogP contribution in [0.1, 0.15) is 31.9 Å². The van der Waals surface area contributed by atoms with E-state index in [0.717, 1.165) is 5.56 Å². The predicted octanol–water partition coefficient (Wildman–Crippen LogP) is 2.79. The summed E-state index contributed by atoms with van der Waals surface area (Å²) in [6, 6.07) is 7.99. The number of benzene rings is 1. The lowest BCUT2D eigenvalue weighted by Gasteiger charge is -2.18. The largest absolute Gasteiger partial charge is 0.411 e. The summed E-state index contributed by atoms with van der Waals surface area (Å²) >= 11 is 0. The fourth-order valence-electron chi connectivity index (χ4n) is 1.15. The first-order chi connectivity index (χ1) is 6.04. The van der Waals surface area contributed by atoms with Gasteiger partial charge in [0.25, 0.3) is 0 Å². The molecule has 0 heterocycles. The van der Waals surface area contributed by atoms with Crippen LogP contribution in [-0.2, 0) is 5.41 Å². The number of hydrogen-bond donors (Lipinski definition) is 1. The van der Waals surface area contributed by atoms with Crippen LogP contribution in [0.25, 0.3) is 0 Å². The fraction of sp³-hybridized carbons (Fsp3) is 0.364. The summed E-state index contributed by atoms with van der Waals surface area (Å²) in [6.07, 6.45) is 1.44. The molecule has 0 bridgehead atoms. The van der Waals surface area contributed by atoms with Gasteiger partial charge in [0.05, 0.1) is 6.21 Å². The Morgan fingerprint density at radius 1 is 1.31 bits per heavy atom. The van der Waals surface area contributed by atoms with E-state index in [1.807, 2.05) is 18.2 Å². The highest BCUT2D eigenvalue weighted by molar-refractivity contribution is 5.79. The van der Waals surface area contributed by atoms with Gasteiger partial charge >= 0.3 is 0 Å². The van der Waals surface area contributed by atoms with E-state index in [-0.39, 0.29) is 5.41 Å². The summed E-state index contributed by atoms with van der Waals surface area (Å²) in [5.41, 5.74) is 2.30. The van der Waals surface area contributed by atoms with Crippen molar-refractivity contribution in [2.45, 2.75) is 26.2 Å². The van der Waals surface area contributed by atoms with E-state index in [1.165, 1.54) is 11.8 Å². The molecule has 0 spiro atoms. The molecule has 1 aromatic rings. The Kier molecular flexibility index (Phi) is 2.71. The van der Waals surface area contributed by atoms with Gasteiger partial charge in [-0.2, -0.15) is 0 Å². The number of hydrogen-bond acceptors (Lipinski definition) is 2. The summed E-state index contributed by atoms with van der Waals surface area (Å²) in [6.45, 7) is 6.46. The maximum absolute atomic E-state index is 8.38. The normalized spacial score (nSPS) is 12.2. The van der Waals surface area contributed by atoms with Gasteiger partial charge < -0.3 is 5.21 Å². The van der Waals surface area contributed by atoms with E-state index in [4.69, 9.17) is 5.21 Å². The third-order valence-corrected chi connectivity index (χ3v) is 1.96. The molecule has 0 aliphatic heterocycles. The molecule has 1 rings (SSSR count). The van der Waals surface area contributed by atoms with Crippen LogP contribution in [-0.4, -0.2) is 11.4 Å². The van der Waals surface area contributed by atoms with Crippen molar-refractivity contribution < 1.29 is 5.21 Å². The van der Waals surface area contributed by atoms with E-state index >= 15 is 0 Å². The maximum atomic E-state index is 8.38. The third-order valence-electron chi connectivity index (χ3n) is 1.96. The van der Waals surface area contributed by atoms with Crippen LogP contribution in [0.15, 0.2) is 29.4 Å². The molecular formula is C11H15NO. The van der Waals surface area contributed by atoms with Crippen molar-refractivity contribution in [1.29, 1.82) is 0 Å². The van der Waals surface area contributed by atoms with Gasteiger partial charge in [-0.25, -0.2) is 0 Å². The molecule has 0 aliphatic rings. The van der Waals surface area contributed by atoms with Crippen LogP contribution in [0.2, 0.25) is 0 Å². The lowest BCUT2D eigenvalue weighted by atomic mass is 9.86. The monoisotopic (exact) mass is 177 g/mol. The minimum absolute atomic E-state index is 0.138. The molecule has 0 aromatic heterocycles. The fourth-order valence-corrected chi connectivity index (χ4v) is 1.15. The minimum Gasteiger partial charge on any atom is -0.411 e. The van der Waals surface area contributed by atoms with E-state index in [9.17, 15) is 0 Å². The molecule has 0 radical (unpaired) electrons.